The Labute approximate surface area is 54.8 Å². The summed E-state index contributed by atoms with van der Waals surface area (Å²) in [6.45, 7) is 0. The first kappa shape index (κ1) is 9.22. The predicted molar refractivity (Wildman–Crippen MR) is 29.3 cm³/mol. The summed E-state index contributed by atoms with van der Waals surface area (Å²) in [5.41, 5.74) is 0. The van der Waals surface area contributed by atoms with Gasteiger partial charge in [0.2, 0.25) is 0 Å². The summed E-state index contributed by atoms with van der Waals surface area (Å²) in [7, 11) is -4.91. The Kier molecular flexibility index (Phi) is 2.65. The third-order valence-electron chi connectivity index (χ3n) is 0.639. The van der Waals surface area contributed by atoms with E-state index in [0.717, 1.165) is 0 Å². The van der Waals surface area contributed by atoms with Crippen LogP contribution in [-0.2, 0) is 9.36 Å². The van der Waals surface area contributed by atoms with Gasteiger partial charge in [0.15, 0.2) is 0 Å². The van der Waals surface area contributed by atoms with E-state index in [1.165, 1.54) is 0 Å². The average molecular weight is 169 g/mol. The van der Waals surface area contributed by atoms with Gasteiger partial charge in [-0.15, -0.1) is 4.91 Å². The van der Waals surface area contributed by atoms with Crippen molar-refractivity contribution in [3.8, 4) is 0 Å². The SMILES string of the molecule is O=NC(C(=O)O)P(=O)(O)O. The summed E-state index contributed by atoms with van der Waals surface area (Å²) in [5, 5.41) is 9.67. The summed E-state index contributed by atoms with van der Waals surface area (Å²) in [6, 6.07) is 0. The summed E-state index contributed by atoms with van der Waals surface area (Å²) < 4.78 is 10.0. The molecule has 7 nitrogen and oxygen atoms in total. The van der Waals surface area contributed by atoms with E-state index in [9.17, 15) is 14.3 Å². The number of nitrogens with zero attached hydrogens (tertiary/aromatic N) is 1. The van der Waals surface area contributed by atoms with Crippen LogP contribution in [0, 0.1) is 4.91 Å². The number of carboxylic acids is 1. The van der Waals surface area contributed by atoms with Crippen molar-refractivity contribution < 1.29 is 24.3 Å². The van der Waals surface area contributed by atoms with E-state index in [0.29, 0.717) is 0 Å². The third-order valence-corrected chi connectivity index (χ3v) is 1.59. The summed E-state index contributed by atoms with van der Waals surface area (Å²) >= 11 is 0. The fourth-order valence-corrected chi connectivity index (χ4v) is 0.661. The number of carbonyl (C=O) groups is 1. The smallest absolute Gasteiger partial charge is 0.365 e. The van der Waals surface area contributed by atoms with Crippen molar-refractivity contribution in [1.82, 2.24) is 0 Å². The maximum Gasteiger partial charge on any atom is 0.365 e. The van der Waals surface area contributed by atoms with Crippen molar-refractivity contribution in [1.29, 1.82) is 0 Å². The molecule has 10 heavy (non-hydrogen) atoms. The second kappa shape index (κ2) is 2.87. The Balaban J connectivity index is 4.53. The quantitative estimate of drug-likeness (QED) is 0.380. The van der Waals surface area contributed by atoms with Crippen molar-refractivity contribution in [2.45, 2.75) is 5.78 Å². The molecule has 0 aromatic rings. The van der Waals surface area contributed by atoms with Gasteiger partial charge in [0.05, 0.1) is 0 Å². The zero-order valence-corrected chi connectivity index (χ0v) is 5.43. The molecule has 8 heteroatoms. The van der Waals surface area contributed by atoms with Crippen LogP contribution in [0.5, 0.6) is 0 Å². The molecule has 0 fully saturated rings. The molecule has 0 aliphatic heterocycles. The molecule has 0 aromatic heterocycles. The Hall–Kier alpha value is -0.780. The predicted octanol–water partition coefficient (Wildman–Crippen LogP) is -0.659. The highest BCUT2D eigenvalue weighted by Gasteiger charge is 2.37. The van der Waals surface area contributed by atoms with Gasteiger partial charge in [0.1, 0.15) is 0 Å². The van der Waals surface area contributed by atoms with Crippen molar-refractivity contribution in [2.75, 3.05) is 0 Å². The number of hydrogen-bond acceptors (Lipinski definition) is 4. The number of carboxylic acid groups (broad SMARTS) is 1. The molecule has 0 amide bonds. The van der Waals surface area contributed by atoms with Crippen molar-refractivity contribution in [3.63, 3.8) is 0 Å². The van der Waals surface area contributed by atoms with E-state index >= 15 is 0 Å². The average Bonchev–Trinajstić information content (AvgIpc) is 1.60. The van der Waals surface area contributed by atoms with Crippen molar-refractivity contribution in [2.24, 2.45) is 5.18 Å². The number of hydrogen-bond donors (Lipinski definition) is 3. The maximum absolute atomic E-state index is 10.0. The van der Waals surface area contributed by atoms with Gasteiger partial charge in [0, 0.05) is 0 Å². The molecule has 0 radical (unpaired) electrons. The molecule has 1 atom stereocenters. The van der Waals surface area contributed by atoms with Crippen LogP contribution in [0.1, 0.15) is 0 Å². The molecule has 0 saturated heterocycles. The van der Waals surface area contributed by atoms with E-state index in [1.54, 1.807) is 5.18 Å². The highest BCUT2D eigenvalue weighted by atomic mass is 31.2. The van der Waals surface area contributed by atoms with Gasteiger partial charge in [-0.1, -0.05) is 0 Å². The lowest BCUT2D eigenvalue weighted by Crippen LogP contribution is -2.16. The van der Waals surface area contributed by atoms with Crippen LogP contribution in [0.2, 0.25) is 0 Å². The fraction of sp³-hybridized carbons (Fsp3) is 0.500. The second-order valence-corrected chi connectivity index (χ2v) is 3.07. The lowest BCUT2D eigenvalue weighted by molar-refractivity contribution is -0.136. The Bertz CT molecular complexity index is 194. The van der Waals surface area contributed by atoms with E-state index in [-0.39, 0.29) is 0 Å². The van der Waals surface area contributed by atoms with Crippen LogP contribution < -0.4 is 0 Å². The van der Waals surface area contributed by atoms with Crippen molar-refractivity contribution >= 4 is 13.6 Å². The van der Waals surface area contributed by atoms with Crippen LogP contribution >= 0.6 is 7.60 Å². The van der Waals surface area contributed by atoms with Crippen molar-refractivity contribution in [3.05, 3.63) is 4.91 Å². The molecule has 0 saturated carbocycles. The largest absolute Gasteiger partial charge is 0.479 e. The highest BCUT2D eigenvalue weighted by Crippen LogP contribution is 2.41. The summed E-state index contributed by atoms with van der Waals surface area (Å²) in [4.78, 5) is 35.4. The van der Waals surface area contributed by atoms with Crippen LogP contribution in [0.4, 0.5) is 0 Å². The van der Waals surface area contributed by atoms with E-state index < -0.39 is 19.3 Å². The minimum absolute atomic E-state index is 1.75. The molecule has 0 aliphatic rings. The van der Waals surface area contributed by atoms with Crippen LogP contribution in [0.3, 0.4) is 0 Å². The molecule has 58 valence electrons. The molecule has 1 unspecified atom stereocenters. The lowest BCUT2D eigenvalue weighted by Gasteiger charge is -2.03. The van der Waals surface area contributed by atoms with Gasteiger partial charge in [0.25, 0.3) is 5.78 Å². The zero-order valence-electron chi connectivity index (χ0n) is 4.54. The van der Waals surface area contributed by atoms with Crippen LogP contribution in [-0.4, -0.2) is 26.6 Å². The van der Waals surface area contributed by atoms with Gasteiger partial charge in [-0.3, -0.25) is 4.57 Å². The van der Waals surface area contributed by atoms with E-state index in [4.69, 9.17) is 14.9 Å². The summed E-state index contributed by atoms with van der Waals surface area (Å²) in [5.74, 6) is -4.41. The standard InChI is InChI=1S/C2H4NO6P/c4-2(5)1(3-6)10(7,8)9/h1H,(H,4,5)(H2,7,8,9). The Morgan fingerprint density at radius 1 is 1.50 bits per heavy atom. The molecular weight excluding hydrogens is 165 g/mol. The lowest BCUT2D eigenvalue weighted by atomic mass is 10.7. The van der Waals surface area contributed by atoms with Gasteiger partial charge < -0.3 is 14.9 Å². The minimum Gasteiger partial charge on any atom is -0.479 e. The monoisotopic (exact) mass is 169 g/mol. The maximum atomic E-state index is 10.0. The third kappa shape index (κ3) is 2.22. The number of nitroso groups, excluding NO2 is 1. The van der Waals surface area contributed by atoms with E-state index in [2.05, 4.69) is 0 Å². The molecule has 0 bridgehead atoms. The minimum atomic E-state index is -4.91. The first-order valence-electron chi connectivity index (χ1n) is 2.00. The van der Waals surface area contributed by atoms with Gasteiger partial charge in [-0.2, -0.15) is 0 Å². The molecule has 0 spiro atoms. The Morgan fingerprint density at radius 3 is 1.90 bits per heavy atom. The molecule has 3 N–H and O–H groups in total. The first-order valence-corrected chi connectivity index (χ1v) is 3.68. The van der Waals surface area contributed by atoms with Gasteiger partial charge >= 0.3 is 13.6 Å². The molecular formula is C2H4NO6P. The summed E-state index contributed by atoms with van der Waals surface area (Å²) in [6.07, 6.45) is 0. The van der Waals surface area contributed by atoms with Gasteiger partial charge in [-0.05, 0) is 5.18 Å². The normalized spacial score (nSPS) is 14.2. The first-order chi connectivity index (χ1) is 4.39. The van der Waals surface area contributed by atoms with Gasteiger partial charge in [-0.25, -0.2) is 4.79 Å². The number of aliphatic carboxylic acids is 1. The molecule has 0 aromatic carbocycles. The van der Waals surface area contributed by atoms with Crippen LogP contribution in [0.25, 0.3) is 0 Å². The molecule has 0 rings (SSSR count). The molecule has 0 heterocycles. The fourth-order valence-electron chi connectivity index (χ4n) is 0.250. The second-order valence-electron chi connectivity index (χ2n) is 1.41. The van der Waals surface area contributed by atoms with E-state index in [1.807, 2.05) is 0 Å². The van der Waals surface area contributed by atoms with Crippen LogP contribution in [0.15, 0.2) is 5.18 Å². The molecule has 0 aliphatic carbocycles. The Morgan fingerprint density at radius 2 is 1.90 bits per heavy atom. The highest BCUT2D eigenvalue weighted by molar-refractivity contribution is 7.53. The topological polar surface area (TPSA) is 124 Å². The zero-order chi connectivity index (χ0) is 8.36. The number of rotatable bonds is 3.